The minimum Gasteiger partial charge on any atom is -0.478 e. The van der Waals surface area contributed by atoms with Gasteiger partial charge in [0.2, 0.25) is 0 Å². The summed E-state index contributed by atoms with van der Waals surface area (Å²) in [6.07, 6.45) is 1.74. The topological polar surface area (TPSA) is 61.7 Å². The molecule has 0 spiro atoms. The van der Waals surface area contributed by atoms with Crippen LogP contribution in [0.3, 0.4) is 0 Å². The summed E-state index contributed by atoms with van der Waals surface area (Å²) in [7, 11) is 0. The molecule has 0 saturated carbocycles. The molecule has 2 N–H and O–H groups in total. The predicted octanol–water partition coefficient (Wildman–Crippen LogP) is 5.79. The summed E-state index contributed by atoms with van der Waals surface area (Å²) >= 11 is 6.61. The van der Waals surface area contributed by atoms with E-state index in [9.17, 15) is 4.79 Å². The Morgan fingerprint density at radius 3 is 2.07 bits per heavy atom. The molecule has 0 bridgehead atoms. The summed E-state index contributed by atoms with van der Waals surface area (Å²) in [5, 5.41) is 18.1. The van der Waals surface area contributed by atoms with E-state index in [2.05, 4.69) is 10.5 Å². The number of halogens is 1. The Kier molecular flexibility index (Phi) is 4.48. The first kappa shape index (κ1) is 17.1. The first-order chi connectivity index (χ1) is 13.1. The maximum absolute atomic E-state index is 11.1. The zero-order chi connectivity index (χ0) is 18.8. The van der Waals surface area contributed by atoms with Crippen LogP contribution in [-0.2, 0) is 0 Å². The van der Waals surface area contributed by atoms with Crippen LogP contribution in [0.4, 0.5) is 5.69 Å². The fourth-order valence-corrected chi connectivity index (χ4v) is 3.47. The van der Waals surface area contributed by atoms with Crippen LogP contribution in [0.25, 0.3) is 21.5 Å². The van der Waals surface area contributed by atoms with Crippen LogP contribution in [0, 0.1) is 0 Å². The zero-order valence-corrected chi connectivity index (χ0v) is 14.9. The summed E-state index contributed by atoms with van der Waals surface area (Å²) in [4.78, 5) is 11.1. The van der Waals surface area contributed by atoms with Crippen LogP contribution < -0.4 is 5.43 Å². The van der Waals surface area contributed by atoms with E-state index in [4.69, 9.17) is 16.7 Å². The summed E-state index contributed by atoms with van der Waals surface area (Å²) < 4.78 is 0. The van der Waals surface area contributed by atoms with Gasteiger partial charge in [-0.05, 0) is 29.0 Å². The number of nitrogens with one attached hydrogen (secondary N) is 1. The van der Waals surface area contributed by atoms with Gasteiger partial charge >= 0.3 is 5.97 Å². The molecule has 0 heterocycles. The van der Waals surface area contributed by atoms with Crippen LogP contribution in [0.5, 0.6) is 0 Å². The molecule has 5 heteroatoms. The molecule has 0 aliphatic heterocycles. The van der Waals surface area contributed by atoms with Gasteiger partial charge in [-0.1, -0.05) is 66.2 Å². The summed E-state index contributed by atoms with van der Waals surface area (Å²) in [5.41, 5.74) is 4.67. The highest BCUT2D eigenvalue weighted by atomic mass is 35.5. The number of anilines is 1. The van der Waals surface area contributed by atoms with E-state index in [1.54, 1.807) is 18.3 Å². The number of hydrogen-bond donors (Lipinski definition) is 2. The lowest BCUT2D eigenvalue weighted by Gasteiger charge is -2.10. The first-order valence-corrected chi connectivity index (χ1v) is 8.74. The quantitative estimate of drug-likeness (QED) is 0.270. The monoisotopic (exact) mass is 374 g/mol. The number of hydrazone groups is 1. The highest BCUT2D eigenvalue weighted by Gasteiger charge is 2.10. The van der Waals surface area contributed by atoms with Crippen LogP contribution >= 0.6 is 11.6 Å². The van der Waals surface area contributed by atoms with E-state index < -0.39 is 5.97 Å². The number of carbonyl (C=O) groups is 1. The molecule has 0 atom stereocenters. The van der Waals surface area contributed by atoms with E-state index in [1.165, 1.54) is 12.1 Å². The Morgan fingerprint density at radius 2 is 1.48 bits per heavy atom. The minimum atomic E-state index is -0.975. The van der Waals surface area contributed by atoms with Crippen LogP contribution in [0.15, 0.2) is 77.9 Å². The van der Waals surface area contributed by atoms with Gasteiger partial charge in [-0.3, -0.25) is 5.43 Å². The van der Waals surface area contributed by atoms with Gasteiger partial charge in [-0.2, -0.15) is 5.10 Å². The summed E-state index contributed by atoms with van der Waals surface area (Å²) in [6, 6.07) is 22.4. The first-order valence-electron chi connectivity index (χ1n) is 8.36. The second-order valence-corrected chi connectivity index (χ2v) is 6.45. The van der Waals surface area contributed by atoms with Gasteiger partial charge < -0.3 is 5.11 Å². The van der Waals surface area contributed by atoms with E-state index in [0.717, 1.165) is 32.1 Å². The maximum atomic E-state index is 11.1. The fourth-order valence-electron chi connectivity index (χ4n) is 3.14. The molecule has 27 heavy (non-hydrogen) atoms. The Balaban J connectivity index is 1.79. The van der Waals surface area contributed by atoms with Crippen LogP contribution in [0.2, 0.25) is 5.02 Å². The van der Waals surface area contributed by atoms with Gasteiger partial charge in [0.1, 0.15) is 0 Å². The molecule has 0 aliphatic rings. The number of aromatic carboxylic acids is 1. The van der Waals surface area contributed by atoms with Gasteiger partial charge in [0.05, 0.1) is 22.5 Å². The molecule has 132 valence electrons. The lowest BCUT2D eigenvalue weighted by atomic mass is 9.97. The summed E-state index contributed by atoms with van der Waals surface area (Å²) in [6.45, 7) is 0. The Bertz CT molecular complexity index is 1140. The molecule has 0 amide bonds. The van der Waals surface area contributed by atoms with Crippen molar-refractivity contribution < 1.29 is 9.90 Å². The van der Waals surface area contributed by atoms with Gasteiger partial charge in [0.15, 0.2) is 0 Å². The van der Waals surface area contributed by atoms with E-state index >= 15 is 0 Å². The van der Waals surface area contributed by atoms with Gasteiger partial charge in [-0.15, -0.1) is 0 Å². The number of rotatable bonds is 4. The lowest BCUT2D eigenvalue weighted by molar-refractivity contribution is 0.0697. The molecule has 0 unspecified atom stereocenters. The lowest BCUT2D eigenvalue weighted by Crippen LogP contribution is -1.98. The molecule has 0 radical (unpaired) electrons. The molecule has 0 saturated heterocycles. The minimum absolute atomic E-state index is 0.206. The molecular formula is C22H15ClN2O2. The Hall–Kier alpha value is -3.37. The zero-order valence-electron chi connectivity index (χ0n) is 14.2. The summed E-state index contributed by atoms with van der Waals surface area (Å²) in [5.74, 6) is -0.975. The van der Waals surface area contributed by atoms with Crippen LogP contribution in [0.1, 0.15) is 15.9 Å². The van der Waals surface area contributed by atoms with Gasteiger partial charge in [-0.25, -0.2) is 4.79 Å². The average molecular weight is 375 g/mol. The van der Waals surface area contributed by atoms with Crippen LogP contribution in [-0.4, -0.2) is 17.3 Å². The third-order valence-corrected chi connectivity index (χ3v) is 4.81. The maximum Gasteiger partial charge on any atom is 0.335 e. The van der Waals surface area contributed by atoms with Gasteiger partial charge in [0, 0.05) is 16.3 Å². The highest BCUT2D eigenvalue weighted by Crippen LogP contribution is 2.35. The number of carboxylic acids is 1. The van der Waals surface area contributed by atoms with Crippen molar-refractivity contribution in [1.29, 1.82) is 0 Å². The SMILES string of the molecule is O=C(O)c1cccc(N/N=C\c2c3ccccc3c(Cl)c3ccccc23)c1. The van der Waals surface area contributed by atoms with Crippen molar-refractivity contribution >= 4 is 51.0 Å². The largest absolute Gasteiger partial charge is 0.478 e. The van der Waals surface area contributed by atoms with Crippen molar-refractivity contribution in [3.8, 4) is 0 Å². The van der Waals surface area contributed by atoms with Crippen molar-refractivity contribution in [3.05, 3.63) is 88.9 Å². The molecule has 4 rings (SSSR count). The molecule has 4 aromatic carbocycles. The predicted molar refractivity (Wildman–Crippen MR) is 111 cm³/mol. The van der Waals surface area contributed by atoms with Crippen molar-refractivity contribution in [3.63, 3.8) is 0 Å². The van der Waals surface area contributed by atoms with E-state index in [-0.39, 0.29) is 5.56 Å². The standard InChI is InChI=1S/C22H15ClN2O2/c23-21-18-10-3-1-8-16(18)20(17-9-2-4-11-19(17)21)13-24-25-15-7-5-6-14(12-15)22(26)27/h1-13,25H,(H,26,27)/b24-13-. The molecule has 0 fully saturated rings. The normalized spacial score (nSPS) is 11.3. The molecule has 0 aromatic heterocycles. The number of carboxylic acid groups (broad SMARTS) is 1. The average Bonchev–Trinajstić information content (AvgIpc) is 2.71. The van der Waals surface area contributed by atoms with E-state index in [0.29, 0.717) is 5.69 Å². The highest BCUT2D eigenvalue weighted by molar-refractivity contribution is 6.42. The van der Waals surface area contributed by atoms with Crippen molar-refractivity contribution in [2.24, 2.45) is 5.10 Å². The Labute approximate surface area is 160 Å². The number of fused-ring (bicyclic) bond motifs is 2. The molecule has 4 nitrogen and oxygen atoms in total. The third-order valence-electron chi connectivity index (χ3n) is 4.40. The van der Waals surface area contributed by atoms with Crippen molar-refractivity contribution in [2.75, 3.05) is 5.43 Å². The smallest absolute Gasteiger partial charge is 0.335 e. The van der Waals surface area contributed by atoms with Gasteiger partial charge in [0.25, 0.3) is 0 Å². The Morgan fingerprint density at radius 1 is 0.889 bits per heavy atom. The second-order valence-electron chi connectivity index (χ2n) is 6.07. The number of nitrogens with zero attached hydrogens (tertiary/aromatic N) is 1. The van der Waals surface area contributed by atoms with Crippen molar-refractivity contribution in [1.82, 2.24) is 0 Å². The second kappa shape index (κ2) is 7.09. The van der Waals surface area contributed by atoms with Crippen molar-refractivity contribution in [2.45, 2.75) is 0 Å². The number of hydrogen-bond acceptors (Lipinski definition) is 3. The fraction of sp³-hybridized carbons (Fsp3) is 0. The molecular weight excluding hydrogens is 360 g/mol. The third kappa shape index (κ3) is 3.23. The molecule has 0 aliphatic carbocycles. The number of benzene rings is 4. The van der Waals surface area contributed by atoms with E-state index in [1.807, 2.05) is 48.5 Å². The molecule has 4 aromatic rings.